The van der Waals surface area contributed by atoms with E-state index in [9.17, 15) is 13.6 Å². The lowest BCUT2D eigenvalue weighted by atomic mass is 9.89. The van der Waals surface area contributed by atoms with Gasteiger partial charge >= 0.3 is 0 Å². The van der Waals surface area contributed by atoms with Crippen LogP contribution in [-0.2, 0) is 11.3 Å². The first-order valence-electron chi connectivity index (χ1n) is 7.43. The highest BCUT2D eigenvalue weighted by molar-refractivity contribution is 5.84. The molecule has 0 aliphatic carbocycles. The van der Waals surface area contributed by atoms with Crippen LogP contribution in [0.15, 0.2) is 48.5 Å². The zero-order valence-electron chi connectivity index (χ0n) is 12.1. The lowest BCUT2D eigenvalue weighted by Gasteiger charge is -2.32. The summed E-state index contributed by atoms with van der Waals surface area (Å²) in [5.74, 6) is -2.17. The van der Waals surface area contributed by atoms with Gasteiger partial charge in [0.05, 0.1) is 5.92 Å². The number of benzene rings is 2. The number of carbonyl (C=O) groups excluding carboxylic acids is 1. The molecule has 1 fully saturated rings. The van der Waals surface area contributed by atoms with Gasteiger partial charge < -0.3 is 4.90 Å². The van der Waals surface area contributed by atoms with E-state index in [1.54, 1.807) is 4.90 Å². The van der Waals surface area contributed by atoms with Crippen LogP contribution in [0.5, 0.6) is 0 Å². The number of halogens is 2. The van der Waals surface area contributed by atoms with Gasteiger partial charge in [0.1, 0.15) is 0 Å². The van der Waals surface area contributed by atoms with Crippen LogP contribution in [0.25, 0.3) is 0 Å². The maximum atomic E-state index is 13.4. The highest BCUT2D eigenvalue weighted by atomic mass is 19.2. The molecule has 2 aromatic carbocycles. The summed E-state index contributed by atoms with van der Waals surface area (Å²) in [4.78, 5) is 14.4. The number of hydrogen-bond donors (Lipinski definition) is 0. The molecular formula is C18H17F2NO. The average Bonchev–Trinajstić information content (AvgIpc) is 2.53. The van der Waals surface area contributed by atoms with E-state index in [4.69, 9.17) is 0 Å². The van der Waals surface area contributed by atoms with Crippen LogP contribution >= 0.6 is 0 Å². The third-order valence-electron chi connectivity index (χ3n) is 4.09. The topological polar surface area (TPSA) is 20.3 Å². The monoisotopic (exact) mass is 301 g/mol. The van der Waals surface area contributed by atoms with Crippen LogP contribution in [0.1, 0.15) is 29.9 Å². The van der Waals surface area contributed by atoms with E-state index in [-0.39, 0.29) is 11.8 Å². The smallest absolute Gasteiger partial charge is 0.230 e. The Labute approximate surface area is 128 Å². The molecule has 0 spiro atoms. The van der Waals surface area contributed by atoms with E-state index < -0.39 is 11.6 Å². The highest BCUT2D eigenvalue weighted by Gasteiger charge is 2.30. The van der Waals surface area contributed by atoms with Crippen molar-refractivity contribution in [3.63, 3.8) is 0 Å². The summed E-state index contributed by atoms with van der Waals surface area (Å²) in [7, 11) is 0. The summed E-state index contributed by atoms with van der Waals surface area (Å²) >= 11 is 0. The van der Waals surface area contributed by atoms with Crippen LogP contribution in [0.3, 0.4) is 0 Å². The second kappa shape index (κ2) is 6.26. The molecule has 1 aliphatic rings. The van der Waals surface area contributed by atoms with Gasteiger partial charge in [-0.3, -0.25) is 4.79 Å². The van der Waals surface area contributed by atoms with Gasteiger partial charge in [0, 0.05) is 13.1 Å². The zero-order chi connectivity index (χ0) is 15.5. The minimum Gasteiger partial charge on any atom is -0.338 e. The molecule has 3 rings (SSSR count). The van der Waals surface area contributed by atoms with Gasteiger partial charge in [0.25, 0.3) is 0 Å². The Morgan fingerprint density at radius 2 is 1.82 bits per heavy atom. The van der Waals surface area contributed by atoms with Crippen molar-refractivity contribution in [3.05, 3.63) is 71.3 Å². The summed E-state index contributed by atoms with van der Waals surface area (Å²) < 4.78 is 26.5. The second-order valence-electron chi connectivity index (χ2n) is 5.61. The van der Waals surface area contributed by atoms with Crippen molar-refractivity contribution in [1.29, 1.82) is 0 Å². The molecule has 1 heterocycles. The molecule has 1 saturated heterocycles. The summed E-state index contributed by atoms with van der Waals surface area (Å²) in [6, 6.07) is 13.5. The van der Waals surface area contributed by atoms with Crippen LogP contribution in [-0.4, -0.2) is 17.4 Å². The van der Waals surface area contributed by atoms with Gasteiger partial charge in [0.15, 0.2) is 11.6 Å². The van der Waals surface area contributed by atoms with E-state index in [0.29, 0.717) is 25.1 Å². The van der Waals surface area contributed by atoms with E-state index in [2.05, 4.69) is 0 Å². The number of piperidine rings is 1. The summed E-state index contributed by atoms with van der Waals surface area (Å²) in [6.45, 7) is 1.26. The van der Waals surface area contributed by atoms with E-state index in [1.165, 1.54) is 6.07 Å². The summed E-state index contributed by atoms with van der Waals surface area (Å²) in [5, 5.41) is 0. The fraction of sp³-hybridized carbons (Fsp3) is 0.278. The Hall–Kier alpha value is -2.23. The van der Waals surface area contributed by atoms with Crippen molar-refractivity contribution < 1.29 is 13.6 Å². The molecule has 0 saturated carbocycles. The van der Waals surface area contributed by atoms with Crippen molar-refractivity contribution in [2.75, 3.05) is 6.54 Å². The summed E-state index contributed by atoms with van der Waals surface area (Å²) in [6.07, 6.45) is 1.54. The van der Waals surface area contributed by atoms with Gasteiger partial charge in [-0.1, -0.05) is 36.4 Å². The van der Waals surface area contributed by atoms with Gasteiger partial charge in [0.2, 0.25) is 5.91 Å². The van der Waals surface area contributed by atoms with Crippen LogP contribution in [0, 0.1) is 11.6 Å². The number of likely N-dealkylation sites (tertiary alicyclic amines) is 1. The number of amides is 1. The van der Waals surface area contributed by atoms with Crippen molar-refractivity contribution in [2.24, 2.45) is 0 Å². The molecule has 1 amide bonds. The highest BCUT2D eigenvalue weighted by Crippen LogP contribution is 2.29. The van der Waals surface area contributed by atoms with E-state index in [0.717, 1.165) is 24.1 Å². The quantitative estimate of drug-likeness (QED) is 0.842. The zero-order valence-corrected chi connectivity index (χ0v) is 12.1. The number of nitrogens with zero attached hydrogens (tertiary/aromatic N) is 1. The molecular weight excluding hydrogens is 284 g/mol. The molecule has 2 aromatic rings. The normalized spacial score (nSPS) is 18.5. The first kappa shape index (κ1) is 14.7. The maximum Gasteiger partial charge on any atom is 0.230 e. The summed E-state index contributed by atoms with van der Waals surface area (Å²) in [5.41, 5.74) is 1.63. The molecule has 4 heteroatoms. The number of carbonyl (C=O) groups is 1. The molecule has 2 nitrogen and oxygen atoms in total. The van der Waals surface area contributed by atoms with Gasteiger partial charge in [-0.2, -0.15) is 0 Å². The lowest BCUT2D eigenvalue weighted by Crippen LogP contribution is -2.39. The fourth-order valence-electron chi connectivity index (χ4n) is 2.94. The van der Waals surface area contributed by atoms with Gasteiger partial charge in [-0.05, 0) is 36.1 Å². The lowest BCUT2D eigenvalue weighted by molar-refractivity contribution is -0.135. The fourth-order valence-corrected chi connectivity index (χ4v) is 2.94. The van der Waals surface area contributed by atoms with Gasteiger partial charge in [-0.15, -0.1) is 0 Å². The Kier molecular flexibility index (Phi) is 4.18. The molecule has 1 unspecified atom stereocenters. The van der Waals surface area contributed by atoms with Crippen LogP contribution in [0.2, 0.25) is 0 Å². The molecule has 0 radical (unpaired) electrons. The van der Waals surface area contributed by atoms with Crippen LogP contribution < -0.4 is 0 Å². The predicted molar refractivity (Wildman–Crippen MR) is 80.2 cm³/mol. The predicted octanol–water partition coefficient (Wildman–Crippen LogP) is 3.87. The third kappa shape index (κ3) is 3.01. The molecule has 1 aliphatic heterocycles. The average molecular weight is 301 g/mol. The van der Waals surface area contributed by atoms with Crippen molar-refractivity contribution in [2.45, 2.75) is 25.3 Å². The SMILES string of the molecule is O=C1C(c2ccc(F)c(F)c2)CCCN1Cc1ccccc1. The second-order valence-corrected chi connectivity index (χ2v) is 5.61. The minimum atomic E-state index is -0.898. The van der Waals surface area contributed by atoms with Gasteiger partial charge in [-0.25, -0.2) is 8.78 Å². The molecule has 1 atom stereocenters. The van der Waals surface area contributed by atoms with Crippen molar-refractivity contribution >= 4 is 5.91 Å². The number of hydrogen-bond acceptors (Lipinski definition) is 1. The van der Waals surface area contributed by atoms with E-state index >= 15 is 0 Å². The Bertz CT molecular complexity index is 672. The Morgan fingerprint density at radius 3 is 2.55 bits per heavy atom. The largest absolute Gasteiger partial charge is 0.338 e. The Balaban J connectivity index is 1.79. The van der Waals surface area contributed by atoms with Crippen molar-refractivity contribution in [3.8, 4) is 0 Å². The van der Waals surface area contributed by atoms with Crippen LogP contribution in [0.4, 0.5) is 8.78 Å². The Morgan fingerprint density at radius 1 is 1.05 bits per heavy atom. The first-order chi connectivity index (χ1) is 10.6. The number of rotatable bonds is 3. The maximum absolute atomic E-state index is 13.4. The standard InChI is InChI=1S/C18H17F2NO/c19-16-9-8-14(11-17(16)20)15-7-4-10-21(18(15)22)12-13-5-2-1-3-6-13/h1-3,5-6,8-9,11,15H,4,7,10,12H2. The molecule has 0 bridgehead atoms. The molecule has 0 N–H and O–H groups in total. The van der Waals surface area contributed by atoms with Crippen molar-refractivity contribution in [1.82, 2.24) is 4.90 Å². The van der Waals surface area contributed by atoms with E-state index in [1.807, 2.05) is 30.3 Å². The first-order valence-corrected chi connectivity index (χ1v) is 7.43. The third-order valence-corrected chi connectivity index (χ3v) is 4.09. The molecule has 114 valence electrons. The molecule has 0 aromatic heterocycles. The molecule has 22 heavy (non-hydrogen) atoms. The minimum absolute atomic E-state index is 0.0129.